The number of carbonyl (C=O) groups excluding carboxylic acids is 3. The summed E-state index contributed by atoms with van der Waals surface area (Å²) in [6.07, 6.45) is 4.62. The molecule has 276 valence electrons. The van der Waals surface area contributed by atoms with Crippen LogP contribution in [0.5, 0.6) is 0 Å². The molecule has 2 atom stereocenters. The van der Waals surface area contributed by atoms with E-state index in [0.717, 1.165) is 5.56 Å². The van der Waals surface area contributed by atoms with E-state index in [-0.39, 0.29) is 44.4 Å². The third kappa shape index (κ3) is 14.5. The predicted molar refractivity (Wildman–Crippen MR) is 181 cm³/mol. The van der Waals surface area contributed by atoms with Gasteiger partial charge in [0.05, 0.1) is 12.1 Å². The normalized spacial score (nSPS) is 16.4. The van der Waals surface area contributed by atoms with Crippen LogP contribution in [0.3, 0.4) is 0 Å². The van der Waals surface area contributed by atoms with Gasteiger partial charge in [-0.1, -0.05) is 44.2 Å². The molecule has 3 amide bonds. The van der Waals surface area contributed by atoms with Gasteiger partial charge in [0.2, 0.25) is 11.4 Å². The first-order valence-corrected chi connectivity index (χ1v) is 19.4. The summed E-state index contributed by atoms with van der Waals surface area (Å²) in [7, 11) is -11.5. The molecular weight excluding hydrogens is 697 g/mol. The minimum atomic E-state index is -5.35. The number of hydrogen-bond acceptors (Lipinski definition) is 11. The number of aromatic nitrogens is 2. The Labute approximate surface area is 290 Å². The molecule has 0 saturated carbocycles. The first kappa shape index (κ1) is 41.2. The number of benzene rings is 1. The zero-order valence-electron chi connectivity index (χ0n) is 27.9. The minimum absolute atomic E-state index is 0.0772. The van der Waals surface area contributed by atoms with Crippen LogP contribution in [0.1, 0.15) is 49.2 Å². The Hall–Kier alpha value is -3.25. The average Bonchev–Trinajstić information content (AvgIpc) is 3.05. The van der Waals surface area contributed by atoms with Gasteiger partial charge in [-0.15, -0.1) is 0 Å². The van der Waals surface area contributed by atoms with E-state index < -0.39 is 57.7 Å². The number of hydrogen-bond donors (Lipinski definition) is 7. The number of rotatable bonds is 15. The van der Waals surface area contributed by atoms with E-state index in [1.807, 2.05) is 49.1 Å². The lowest BCUT2D eigenvalue weighted by molar-refractivity contribution is -0.123. The number of ether oxygens (including phenoxy) is 1. The van der Waals surface area contributed by atoms with Gasteiger partial charge in [-0.05, 0) is 30.7 Å². The van der Waals surface area contributed by atoms with Crippen molar-refractivity contribution >= 4 is 40.2 Å². The molecule has 1 aromatic heterocycles. The number of alkyl carbamates (subject to hydrolysis) is 1. The molecule has 0 unspecified atom stereocenters. The summed E-state index contributed by atoms with van der Waals surface area (Å²) in [5.41, 5.74) is -1.78. The van der Waals surface area contributed by atoms with Crippen molar-refractivity contribution in [2.24, 2.45) is 5.92 Å². The van der Waals surface area contributed by atoms with E-state index in [4.69, 9.17) is 33.6 Å². The summed E-state index contributed by atoms with van der Waals surface area (Å²) in [6, 6.07) is 8.36. The molecule has 0 bridgehead atoms. The molecule has 0 aliphatic carbocycles. The lowest BCUT2D eigenvalue weighted by Gasteiger charge is -2.30. The van der Waals surface area contributed by atoms with Gasteiger partial charge in [-0.3, -0.25) is 33.9 Å². The lowest BCUT2D eigenvalue weighted by Crippen LogP contribution is -2.56. The van der Waals surface area contributed by atoms with E-state index in [0.29, 0.717) is 32.4 Å². The molecule has 1 saturated heterocycles. The zero-order chi connectivity index (χ0) is 36.7. The second kappa shape index (κ2) is 20.0. The van der Waals surface area contributed by atoms with Crippen molar-refractivity contribution in [3.63, 3.8) is 0 Å². The van der Waals surface area contributed by atoms with Crippen molar-refractivity contribution in [1.82, 2.24) is 30.8 Å². The van der Waals surface area contributed by atoms with Crippen LogP contribution in [0.15, 0.2) is 48.9 Å². The lowest BCUT2D eigenvalue weighted by atomic mass is 9.73. The second-order valence-corrected chi connectivity index (χ2v) is 15.8. The van der Waals surface area contributed by atoms with Crippen LogP contribution < -0.4 is 16.0 Å². The van der Waals surface area contributed by atoms with Crippen LogP contribution in [0, 0.1) is 5.92 Å². The SMILES string of the molecule is CC(C)C[C@@H](NC(=O)[C@@H](Cc1ccccc1)NC(=O)c1cnccn1)B1OCCCN(CCOC(=O)NC(P(=O)(O)O)P(=O)(O)O)CCCO1. The molecule has 2 heterocycles. The van der Waals surface area contributed by atoms with E-state index in [1.54, 1.807) is 5.32 Å². The molecule has 18 nitrogen and oxygen atoms in total. The molecule has 1 aliphatic heterocycles. The van der Waals surface area contributed by atoms with Crippen molar-refractivity contribution in [2.45, 2.75) is 57.0 Å². The average molecular weight is 742 g/mol. The molecule has 1 aromatic carbocycles. The fraction of sp³-hybridized carbons (Fsp3) is 0.552. The van der Waals surface area contributed by atoms with Crippen LogP contribution in [-0.2, 0) is 34.4 Å². The maximum Gasteiger partial charge on any atom is 0.480 e. The Balaban J connectivity index is 1.58. The molecule has 0 radical (unpaired) electrons. The Morgan fingerprint density at radius 1 is 0.960 bits per heavy atom. The van der Waals surface area contributed by atoms with Crippen molar-refractivity contribution in [2.75, 3.05) is 39.5 Å². The van der Waals surface area contributed by atoms with E-state index in [9.17, 15) is 23.5 Å². The van der Waals surface area contributed by atoms with Crippen LogP contribution in [0.4, 0.5) is 4.79 Å². The Bertz CT molecular complexity index is 1440. The first-order chi connectivity index (χ1) is 23.6. The number of carbonyl (C=O) groups is 3. The van der Waals surface area contributed by atoms with Crippen LogP contribution >= 0.6 is 15.2 Å². The monoisotopic (exact) mass is 742 g/mol. The van der Waals surface area contributed by atoms with Gasteiger partial charge >= 0.3 is 28.4 Å². The number of nitrogens with zero attached hydrogens (tertiary/aromatic N) is 3. The molecular formula is C29H45BN6O12P2. The van der Waals surface area contributed by atoms with E-state index in [1.165, 1.54) is 18.6 Å². The smallest absolute Gasteiger partial charge is 0.448 e. The van der Waals surface area contributed by atoms with Crippen molar-refractivity contribution in [3.05, 3.63) is 60.2 Å². The fourth-order valence-electron chi connectivity index (χ4n) is 5.11. The highest BCUT2D eigenvalue weighted by Gasteiger charge is 2.45. The van der Waals surface area contributed by atoms with Crippen molar-refractivity contribution < 1.29 is 57.1 Å². The summed E-state index contributed by atoms with van der Waals surface area (Å²) >= 11 is 0. The van der Waals surface area contributed by atoms with Gasteiger partial charge in [0.1, 0.15) is 18.3 Å². The van der Waals surface area contributed by atoms with Gasteiger partial charge in [-0.25, -0.2) is 9.78 Å². The highest BCUT2D eigenvalue weighted by atomic mass is 31.2. The molecule has 1 aliphatic rings. The third-order valence-electron chi connectivity index (χ3n) is 7.41. The highest BCUT2D eigenvalue weighted by Crippen LogP contribution is 2.58. The van der Waals surface area contributed by atoms with Crippen LogP contribution in [0.2, 0.25) is 0 Å². The first-order valence-electron chi connectivity index (χ1n) is 16.0. The van der Waals surface area contributed by atoms with Gasteiger partial charge in [0.15, 0.2) is 0 Å². The molecule has 0 spiro atoms. The summed E-state index contributed by atoms with van der Waals surface area (Å²) in [5, 5.41) is 7.40. The molecule has 50 heavy (non-hydrogen) atoms. The molecule has 7 N–H and O–H groups in total. The quantitative estimate of drug-likeness (QED) is 0.0987. The van der Waals surface area contributed by atoms with Gasteiger partial charge in [0.25, 0.3) is 5.91 Å². The summed E-state index contributed by atoms with van der Waals surface area (Å²) < 4.78 is 39.9. The van der Waals surface area contributed by atoms with Gasteiger partial charge < -0.3 is 44.3 Å². The number of amides is 3. The topological polar surface area (TPSA) is 259 Å². The molecule has 21 heteroatoms. The fourth-order valence-corrected chi connectivity index (χ4v) is 7.22. The number of nitrogens with one attached hydrogen (secondary N) is 3. The molecule has 2 aromatic rings. The predicted octanol–water partition coefficient (Wildman–Crippen LogP) is 0.870. The second-order valence-electron chi connectivity index (χ2n) is 12.0. The van der Waals surface area contributed by atoms with E-state index in [2.05, 4.69) is 20.6 Å². The van der Waals surface area contributed by atoms with Crippen LogP contribution in [0.25, 0.3) is 0 Å². The summed E-state index contributed by atoms with van der Waals surface area (Å²) in [6.45, 7) is 5.60. The third-order valence-corrected chi connectivity index (χ3v) is 10.7. The van der Waals surface area contributed by atoms with Crippen molar-refractivity contribution in [3.8, 4) is 0 Å². The summed E-state index contributed by atoms with van der Waals surface area (Å²) in [5.74, 6) is -1.33. The Morgan fingerprint density at radius 2 is 1.60 bits per heavy atom. The maximum absolute atomic E-state index is 13.8. The van der Waals surface area contributed by atoms with Crippen LogP contribution in [-0.4, -0.2) is 116 Å². The Morgan fingerprint density at radius 3 is 2.16 bits per heavy atom. The maximum atomic E-state index is 13.8. The largest absolute Gasteiger partial charge is 0.480 e. The van der Waals surface area contributed by atoms with Gasteiger partial charge in [0, 0.05) is 51.7 Å². The zero-order valence-corrected chi connectivity index (χ0v) is 29.7. The van der Waals surface area contributed by atoms with Gasteiger partial charge in [-0.2, -0.15) is 0 Å². The standard InChI is InChI=1S/C29H45BN6O12P2/c1-21(2)18-25(34-26(37)23(19-22-8-4-3-5-9-22)33-27(38)24-20-31-10-11-32-24)30-47-15-6-12-36(13-7-16-48-30)14-17-46-28(39)35-29(49(40,41)42)50(43,44)45/h3-5,8-11,20-21,23,25,29H,6-7,12-19H2,1-2H3,(H,33,38)(H,34,37)(H,35,39)(H2,40,41,42)(H2,43,44,45)/t23-,25-/m1/s1. The minimum Gasteiger partial charge on any atom is -0.448 e. The molecule has 1 fully saturated rings. The van der Waals surface area contributed by atoms with Crippen molar-refractivity contribution in [1.29, 1.82) is 0 Å². The molecule has 3 rings (SSSR count). The summed E-state index contributed by atoms with van der Waals surface area (Å²) in [4.78, 5) is 85.3. The Kier molecular flexibility index (Phi) is 16.4. The highest BCUT2D eigenvalue weighted by molar-refractivity contribution is 7.70. The van der Waals surface area contributed by atoms with E-state index >= 15 is 0 Å².